The molecule has 0 amide bonds. The highest BCUT2D eigenvalue weighted by Crippen LogP contribution is 2.22. The quantitative estimate of drug-likeness (QED) is 0.868. The molecule has 1 fully saturated rings. The minimum Gasteiger partial charge on any atom is -0.351 e. The van der Waals surface area contributed by atoms with Crippen LogP contribution in [0.2, 0.25) is 0 Å². The Labute approximate surface area is 117 Å². The molecule has 2 aromatic rings. The fraction of sp³-hybridized carbons (Fsp3) is 0.538. The van der Waals surface area contributed by atoms with Crippen LogP contribution in [0.3, 0.4) is 0 Å². The van der Waals surface area contributed by atoms with Gasteiger partial charge in [-0.25, -0.2) is 0 Å². The Balaban J connectivity index is 1.54. The summed E-state index contributed by atoms with van der Waals surface area (Å²) in [6.45, 7) is 4.34. The van der Waals surface area contributed by atoms with Crippen molar-refractivity contribution in [3.63, 3.8) is 0 Å². The maximum atomic E-state index is 4.95. The van der Waals surface area contributed by atoms with Crippen LogP contribution in [-0.2, 0) is 6.54 Å². The number of nitrogens with one attached hydrogen (secondary N) is 1. The van der Waals surface area contributed by atoms with E-state index in [-0.39, 0.29) is 0 Å². The van der Waals surface area contributed by atoms with Crippen molar-refractivity contribution >= 4 is 5.82 Å². The van der Waals surface area contributed by atoms with E-state index in [1.807, 2.05) is 12.1 Å². The average Bonchev–Trinajstić information content (AvgIpc) is 3.09. The molecule has 0 radical (unpaired) electrons. The van der Waals surface area contributed by atoms with Gasteiger partial charge in [-0.3, -0.25) is 0 Å². The lowest BCUT2D eigenvalue weighted by Gasteiger charge is -2.25. The number of aryl methyl sites for hydroxylation is 1. The van der Waals surface area contributed by atoms with E-state index < -0.39 is 0 Å². The minimum absolute atomic E-state index is 0.444. The van der Waals surface area contributed by atoms with Crippen molar-refractivity contribution in [3.8, 4) is 0 Å². The van der Waals surface area contributed by atoms with Crippen molar-refractivity contribution < 1.29 is 4.52 Å². The van der Waals surface area contributed by atoms with Crippen LogP contribution in [0.5, 0.6) is 0 Å². The molecule has 0 saturated carbocycles. The first-order valence-corrected chi connectivity index (χ1v) is 6.87. The molecule has 1 N–H and O–H groups in total. The third-order valence-electron chi connectivity index (χ3n) is 3.46. The van der Waals surface area contributed by atoms with Crippen LogP contribution in [0.25, 0.3) is 0 Å². The molecule has 7 nitrogen and oxygen atoms in total. The summed E-state index contributed by atoms with van der Waals surface area (Å²) in [5, 5.41) is 15.4. The second kappa shape index (κ2) is 5.96. The monoisotopic (exact) mass is 274 g/mol. The number of anilines is 1. The van der Waals surface area contributed by atoms with Gasteiger partial charge in [0.2, 0.25) is 5.89 Å². The van der Waals surface area contributed by atoms with Gasteiger partial charge < -0.3 is 14.7 Å². The largest absolute Gasteiger partial charge is 0.351 e. The maximum absolute atomic E-state index is 4.95. The SMILES string of the molecule is Cc1nc(CNC[C@@H]2CCCN2c2cccnn2)no1. The molecule has 0 unspecified atom stereocenters. The summed E-state index contributed by atoms with van der Waals surface area (Å²) in [7, 11) is 0. The molecule has 0 aromatic carbocycles. The van der Waals surface area contributed by atoms with Crippen molar-refractivity contribution in [2.75, 3.05) is 18.0 Å². The predicted molar refractivity (Wildman–Crippen MR) is 73.1 cm³/mol. The van der Waals surface area contributed by atoms with Crippen molar-refractivity contribution in [3.05, 3.63) is 30.0 Å². The second-order valence-corrected chi connectivity index (χ2v) is 4.93. The molecule has 3 rings (SSSR count). The molecule has 1 saturated heterocycles. The zero-order chi connectivity index (χ0) is 13.8. The Morgan fingerprint density at radius 3 is 3.20 bits per heavy atom. The molecule has 106 valence electrons. The van der Waals surface area contributed by atoms with Crippen molar-refractivity contribution in [2.45, 2.75) is 32.4 Å². The lowest BCUT2D eigenvalue weighted by atomic mass is 10.2. The van der Waals surface area contributed by atoms with Crippen LogP contribution < -0.4 is 10.2 Å². The molecule has 3 heterocycles. The molecule has 20 heavy (non-hydrogen) atoms. The average molecular weight is 274 g/mol. The van der Waals surface area contributed by atoms with Gasteiger partial charge in [0.15, 0.2) is 11.6 Å². The van der Waals surface area contributed by atoms with E-state index in [1.54, 1.807) is 13.1 Å². The van der Waals surface area contributed by atoms with Gasteiger partial charge in [0.1, 0.15) is 0 Å². The zero-order valence-electron chi connectivity index (χ0n) is 11.5. The van der Waals surface area contributed by atoms with Crippen LogP contribution in [-0.4, -0.2) is 39.5 Å². The van der Waals surface area contributed by atoms with E-state index in [1.165, 1.54) is 6.42 Å². The van der Waals surface area contributed by atoms with Gasteiger partial charge in [0.25, 0.3) is 0 Å². The molecule has 7 heteroatoms. The van der Waals surface area contributed by atoms with E-state index in [9.17, 15) is 0 Å². The first-order chi connectivity index (χ1) is 9.83. The molecule has 1 aliphatic rings. The lowest BCUT2D eigenvalue weighted by molar-refractivity contribution is 0.385. The minimum atomic E-state index is 0.444. The molecule has 0 bridgehead atoms. The van der Waals surface area contributed by atoms with E-state index in [0.717, 1.165) is 25.3 Å². The van der Waals surface area contributed by atoms with Gasteiger partial charge in [-0.05, 0) is 25.0 Å². The Kier molecular flexibility index (Phi) is 3.87. The fourth-order valence-corrected chi connectivity index (χ4v) is 2.56. The molecule has 2 aromatic heterocycles. The van der Waals surface area contributed by atoms with E-state index in [0.29, 0.717) is 24.3 Å². The first-order valence-electron chi connectivity index (χ1n) is 6.87. The molecule has 1 atom stereocenters. The topological polar surface area (TPSA) is 80.0 Å². The summed E-state index contributed by atoms with van der Waals surface area (Å²) in [5.74, 6) is 2.25. The second-order valence-electron chi connectivity index (χ2n) is 4.93. The molecular weight excluding hydrogens is 256 g/mol. The third-order valence-corrected chi connectivity index (χ3v) is 3.46. The number of hydrogen-bond donors (Lipinski definition) is 1. The third kappa shape index (κ3) is 2.93. The van der Waals surface area contributed by atoms with Crippen molar-refractivity contribution in [1.29, 1.82) is 0 Å². The lowest BCUT2D eigenvalue weighted by Crippen LogP contribution is -2.38. The number of nitrogens with zero attached hydrogens (tertiary/aromatic N) is 5. The predicted octanol–water partition coefficient (Wildman–Crippen LogP) is 0.927. The van der Waals surface area contributed by atoms with Crippen LogP contribution in [0.15, 0.2) is 22.9 Å². The van der Waals surface area contributed by atoms with Gasteiger partial charge in [-0.1, -0.05) is 5.16 Å². The summed E-state index contributed by atoms with van der Waals surface area (Å²) >= 11 is 0. The van der Waals surface area contributed by atoms with Crippen molar-refractivity contribution in [1.82, 2.24) is 25.7 Å². The highest BCUT2D eigenvalue weighted by molar-refractivity contribution is 5.39. The summed E-state index contributed by atoms with van der Waals surface area (Å²) < 4.78 is 4.95. The molecule has 1 aliphatic heterocycles. The zero-order valence-corrected chi connectivity index (χ0v) is 11.5. The van der Waals surface area contributed by atoms with Gasteiger partial charge in [0, 0.05) is 32.3 Å². The Hall–Kier alpha value is -2.02. The Bertz CT molecular complexity index is 543. The Morgan fingerprint density at radius 1 is 1.50 bits per heavy atom. The van der Waals surface area contributed by atoms with Crippen LogP contribution in [0.4, 0.5) is 5.82 Å². The standard InChI is InChI=1S/C13H18N6O/c1-10-16-12(18-20-10)9-14-8-11-4-3-7-19(11)13-5-2-6-15-17-13/h2,5-6,11,14H,3-4,7-9H2,1H3/t11-/m0/s1. The van der Waals surface area contributed by atoms with Crippen LogP contribution in [0, 0.1) is 6.92 Å². The number of aromatic nitrogens is 4. The van der Waals surface area contributed by atoms with Gasteiger partial charge in [-0.15, -0.1) is 5.10 Å². The smallest absolute Gasteiger partial charge is 0.223 e. The van der Waals surface area contributed by atoms with E-state index in [2.05, 4.69) is 30.6 Å². The summed E-state index contributed by atoms with van der Waals surface area (Å²) in [4.78, 5) is 6.48. The van der Waals surface area contributed by atoms with Gasteiger partial charge >= 0.3 is 0 Å². The normalized spacial score (nSPS) is 18.6. The molecule has 0 spiro atoms. The van der Waals surface area contributed by atoms with Gasteiger partial charge in [-0.2, -0.15) is 10.1 Å². The number of hydrogen-bond acceptors (Lipinski definition) is 7. The summed E-state index contributed by atoms with van der Waals surface area (Å²) in [6.07, 6.45) is 4.05. The van der Waals surface area contributed by atoms with Crippen LogP contribution >= 0.6 is 0 Å². The fourth-order valence-electron chi connectivity index (χ4n) is 2.56. The Morgan fingerprint density at radius 2 is 2.45 bits per heavy atom. The number of rotatable bonds is 5. The summed E-state index contributed by atoms with van der Waals surface area (Å²) in [5.41, 5.74) is 0. The molecule has 0 aliphatic carbocycles. The maximum Gasteiger partial charge on any atom is 0.223 e. The van der Waals surface area contributed by atoms with E-state index >= 15 is 0 Å². The highest BCUT2D eigenvalue weighted by Gasteiger charge is 2.25. The highest BCUT2D eigenvalue weighted by atomic mass is 16.5. The van der Waals surface area contributed by atoms with Crippen molar-refractivity contribution in [2.24, 2.45) is 0 Å². The van der Waals surface area contributed by atoms with Crippen LogP contribution in [0.1, 0.15) is 24.6 Å². The summed E-state index contributed by atoms with van der Waals surface area (Å²) in [6, 6.07) is 4.38. The first kappa shape index (κ1) is 13.0. The molecular formula is C13H18N6O. The van der Waals surface area contributed by atoms with Gasteiger partial charge in [0.05, 0.1) is 6.54 Å². The van der Waals surface area contributed by atoms with E-state index in [4.69, 9.17) is 4.52 Å².